The first-order chi connectivity index (χ1) is 11.8. The topological polar surface area (TPSA) is 42.2 Å². The van der Waals surface area contributed by atoms with Gasteiger partial charge in [0.15, 0.2) is 5.43 Å². The molecule has 0 saturated carbocycles. The van der Waals surface area contributed by atoms with Gasteiger partial charge in [-0.2, -0.15) is 0 Å². The molecule has 1 heterocycles. The van der Waals surface area contributed by atoms with Gasteiger partial charge >= 0.3 is 0 Å². The van der Waals surface area contributed by atoms with E-state index in [-0.39, 0.29) is 5.43 Å². The van der Waals surface area contributed by atoms with E-state index >= 15 is 0 Å². The van der Waals surface area contributed by atoms with Gasteiger partial charge in [0.25, 0.3) is 0 Å². The van der Waals surface area contributed by atoms with Crippen LogP contribution in [-0.2, 0) is 0 Å². The fraction of sp³-hybridized carbons (Fsp3) is 0. The number of benzene rings is 3. The van der Waals surface area contributed by atoms with Crippen molar-refractivity contribution >= 4 is 22.3 Å². The minimum absolute atomic E-state index is 0.0492. The maximum Gasteiger partial charge on any atom is 0.193 e. The van der Waals surface area contributed by atoms with E-state index in [9.17, 15) is 4.79 Å². The normalized spacial score (nSPS) is 10.7. The first kappa shape index (κ1) is 14.3. The summed E-state index contributed by atoms with van der Waals surface area (Å²) < 4.78 is 5.91. The van der Waals surface area contributed by atoms with E-state index in [1.54, 1.807) is 6.07 Å². The highest BCUT2D eigenvalue weighted by molar-refractivity contribution is 5.83. The van der Waals surface area contributed by atoms with Crippen molar-refractivity contribution in [2.24, 2.45) is 0 Å². The molecule has 24 heavy (non-hydrogen) atoms. The zero-order chi connectivity index (χ0) is 16.4. The second-order valence-electron chi connectivity index (χ2n) is 5.54. The van der Waals surface area contributed by atoms with Gasteiger partial charge < -0.3 is 9.73 Å². The fourth-order valence-electron chi connectivity index (χ4n) is 2.67. The monoisotopic (exact) mass is 313 g/mol. The number of para-hydroxylation sites is 1. The molecular formula is C21H15NO2. The van der Waals surface area contributed by atoms with Gasteiger partial charge in [-0.3, -0.25) is 4.79 Å². The number of rotatable bonds is 3. The van der Waals surface area contributed by atoms with Crippen molar-refractivity contribution in [1.82, 2.24) is 0 Å². The Labute approximate surface area is 139 Å². The molecule has 1 aromatic heterocycles. The standard InChI is InChI=1S/C21H15NO2/c23-19-14-21(15-7-3-1-4-8-15)24-20-12-11-17(13-18(19)20)22-16-9-5-2-6-10-16/h1-14,22H. The third-order valence-electron chi connectivity index (χ3n) is 3.85. The third-order valence-corrected chi connectivity index (χ3v) is 3.85. The Balaban J connectivity index is 1.76. The maximum atomic E-state index is 12.5. The van der Waals surface area contributed by atoms with Crippen molar-refractivity contribution in [2.45, 2.75) is 0 Å². The number of hydrogen-bond donors (Lipinski definition) is 1. The van der Waals surface area contributed by atoms with Crippen molar-refractivity contribution in [1.29, 1.82) is 0 Å². The van der Waals surface area contributed by atoms with Gasteiger partial charge in [-0.25, -0.2) is 0 Å². The van der Waals surface area contributed by atoms with Crippen LogP contribution in [0.25, 0.3) is 22.3 Å². The highest BCUT2D eigenvalue weighted by Gasteiger charge is 2.07. The van der Waals surface area contributed by atoms with Gasteiger partial charge in [0.05, 0.1) is 5.39 Å². The van der Waals surface area contributed by atoms with E-state index in [4.69, 9.17) is 4.42 Å². The maximum absolute atomic E-state index is 12.5. The summed E-state index contributed by atoms with van der Waals surface area (Å²) in [7, 11) is 0. The molecule has 3 aromatic carbocycles. The summed E-state index contributed by atoms with van der Waals surface area (Å²) in [5.41, 5.74) is 3.25. The van der Waals surface area contributed by atoms with Crippen molar-refractivity contribution in [2.75, 3.05) is 5.32 Å². The second kappa shape index (κ2) is 6.05. The Morgan fingerprint density at radius 3 is 2.17 bits per heavy atom. The fourth-order valence-corrected chi connectivity index (χ4v) is 2.67. The molecule has 0 saturated heterocycles. The minimum Gasteiger partial charge on any atom is -0.456 e. The Morgan fingerprint density at radius 2 is 1.42 bits per heavy atom. The van der Waals surface area contributed by atoms with E-state index in [1.807, 2.05) is 78.9 Å². The van der Waals surface area contributed by atoms with Gasteiger partial charge in [-0.15, -0.1) is 0 Å². The molecular weight excluding hydrogens is 298 g/mol. The quantitative estimate of drug-likeness (QED) is 0.565. The summed E-state index contributed by atoms with van der Waals surface area (Å²) in [5.74, 6) is 0.580. The van der Waals surface area contributed by atoms with Crippen LogP contribution in [0.2, 0.25) is 0 Å². The van der Waals surface area contributed by atoms with Crippen LogP contribution in [0.1, 0.15) is 0 Å². The van der Waals surface area contributed by atoms with Crippen molar-refractivity contribution in [3.8, 4) is 11.3 Å². The van der Waals surface area contributed by atoms with E-state index in [1.165, 1.54) is 0 Å². The minimum atomic E-state index is -0.0492. The Morgan fingerprint density at radius 1 is 0.708 bits per heavy atom. The summed E-state index contributed by atoms with van der Waals surface area (Å²) in [5, 5.41) is 3.85. The molecule has 1 N–H and O–H groups in total. The molecule has 0 radical (unpaired) electrons. The van der Waals surface area contributed by atoms with Gasteiger partial charge in [-0.05, 0) is 30.3 Å². The van der Waals surface area contributed by atoms with E-state index in [0.29, 0.717) is 16.7 Å². The van der Waals surface area contributed by atoms with E-state index in [2.05, 4.69) is 5.32 Å². The van der Waals surface area contributed by atoms with Crippen LogP contribution in [0.5, 0.6) is 0 Å². The summed E-state index contributed by atoms with van der Waals surface area (Å²) in [6.07, 6.45) is 0. The van der Waals surface area contributed by atoms with Crippen LogP contribution >= 0.6 is 0 Å². The SMILES string of the molecule is O=c1cc(-c2ccccc2)oc2ccc(Nc3ccccc3)cc12. The van der Waals surface area contributed by atoms with E-state index in [0.717, 1.165) is 16.9 Å². The molecule has 0 aliphatic carbocycles. The lowest BCUT2D eigenvalue weighted by molar-refractivity contribution is 0.619. The zero-order valence-corrected chi connectivity index (χ0v) is 12.9. The third kappa shape index (κ3) is 2.79. The molecule has 0 aliphatic heterocycles. The van der Waals surface area contributed by atoms with Gasteiger partial charge in [0, 0.05) is 23.0 Å². The highest BCUT2D eigenvalue weighted by atomic mass is 16.3. The zero-order valence-electron chi connectivity index (χ0n) is 12.9. The molecule has 0 unspecified atom stereocenters. The molecule has 0 amide bonds. The molecule has 4 aromatic rings. The van der Waals surface area contributed by atoms with Gasteiger partial charge in [-0.1, -0.05) is 48.5 Å². The first-order valence-corrected chi connectivity index (χ1v) is 7.75. The van der Waals surface area contributed by atoms with Crippen molar-refractivity contribution < 1.29 is 4.42 Å². The number of anilines is 2. The average Bonchev–Trinajstić information content (AvgIpc) is 2.64. The molecule has 116 valence electrons. The van der Waals surface area contributed by atoms with Crippen LogP contribution in [0.15, 0.2) is 94.1 Å². The van der Waals surface area contributed by atoms with Crippen LogP contribution in [0.3, 0.4) is 0 Å². The van der Waals surface area contributed by atoms with Gasteiger partial charge in [0.1, 0.15) is 11.3 Å². The van der Waals surface area contributed by atoms with Crippen molar-refractivity contribution in [3.63, 3.8) is 0 Å². The number of nitrogens with one attached hydrogen (secondary N) is 1. The number of fused-ring (bicyclic) bond motifs is 1. The van der Waals surface area contributed by atoms with Crippen molar-refractivity contribution in [3.05, 3.63) is 95.2 Å². The van der Waals surface area contributed by atoms with E-state index < -0.39 is 0 Å². The lowest BCUT2D eigenvalue weighted by atomic mass is 10.1. The van der Waals surface area contributed by atoms with Gasteiger partial charge in [0.2, 0.25) is 0 Å². The second-order valence-corrected chi connectivity index (χ2v) is 5.54. The Hall–Kier alpha value is -3.33. The molecule has 3 nitrogen and oxygen atoms in total. The highest BCUT2D eigenvalue weighted by Crippen LogP contribution is 2.25. The predicted molar refractivity (Wildman–Crippen MR) is 97.6 cm³/mol. The first-order valence-electron chi connectivity index (χ1n) is 7.75. The van der Waals surface area contributed by atoms with Crippen LogP contribution < -0.4 is 10.7 Å². The van der Waals surface area contributed by atoms with Crippen LogP contribution in [-0.4, -0.2) is 0 Å². The molecule has 4 rings (SSSR count). The summed E-state index contributed by atoms with van der Waals surface area (Å²) in [6, 6.07) is 26.6. The molecule has 3 heteroatoms. The van der Waals surface area contributed by atoms with Crippen LogP contribution in [0.4, 0.5) is 11.4 Å². The van der Waals surface area contributed by atoms with Crippen LogP contribution in [0, 0.1) is 0 Å². The number of hydrogen-bond acceptors (Lipinski definition) is 3. The lowest BCUT2D eigenvalue weighted by Crippen LogP contribution is -2.01. The summed E-state index contributed by atoms with van der Waals surface area (Å²) in [6.45, 7) is 0. The Bertz CT molecular complexity index is 1040. The summed E-state index contributed by atoms with van der Waals surface area (Å²) >= 11 is 0. The molecule has 0 aliphatic rings. The largest absolute Gasteiger partial charge is 0.456 e. The summed E-state index contributed by atoms with van der Waals surface area (Å²) in [4.78, 5) is 12.5. The molecule has 0 bridgehead atoms. The average molecular weight is 313 g/mol. The Kier molecular flexibility index (Phi) is 3.60. The smallest absolute Gasteiger partial charge is 0.193 e. The predicted octanol–water partition coefficient (Wildman–Crippen LogP) is 5.20. The molecule has 0 fully saturated rings. The molecule has 0 atom stereocenters. The molecule has 0 spiro atoms. The lowest BCUT2D eigenvalue weighted by Gasteiger charge is -2.08.